The van der Waals surface area contributed by atoms with Gasteiger partial charge in [-0.15, -0.1) is 0 Å². The summed E-state index contributed by atoms with van der Waals surface area (Å²) in [4.78, 5) is 24.7. The lowest BCUT2D eigenvalue weighted by atomic mass is 9.99. The monoisotopic (exact) mass is 452 g/mol. The number of anilines is 2. The molecule has 6 rings (SSSR count). The van der Waals surface area contributed by atoms with E-state index in [9.17, 15) is 4.79 Å². The van der Waals surface area contributed by atoms with Crippen molar-refractivity contribution in [2.75, 3.05) is 16.8 Å². The summed E-state index contributed by atoms with van der Waals surface area (Å²) in [7, 11) is 0. The molecule has 0 saturated carbocycles. The van der Waals surface area contributed by atoms with Gasteiger partial charge in [0.15, 0.2) is 0 Å². The zero-order valence-electron chi connectivity index (χ0n) is 19.3. The summed E-state index contributed by atoms with van der Waals surface area (Å²) in [6, 6.07) is 18.5. The van der Waals surface area contributed by atoms with E-state index in [0.29, 0.717) is 24.1 Å². The highest BCUT2D eigenvalue weighted by molar-refractivity contribution is 6.06. The number of hydrogen-bond acceptors (Lipinski definition) is 5. The standard InChI is InChI=1S/C27H28N6O/c1-17-15-22-20(24(28)34)10-5-11-23(22)33(17)27-30-25(29-16-18-7-3-2-4-8-18)21-13-12-19-9-6-14-32(19)26(21)31-27/h2-5,7-8,10-11,15,19H,6,9,12-14,16H2,1H3,(H2,28,34)(H,29,30,31). The maximum Gasteiger partial charge on any atom is 0.249 e. The first-order valence-electron chi connectivity index (χ1n) is 12.0. The van der Waals surface area contributed by atoms with Gasteiger partial charge in [-0.1, -0.05) is 36.4 Å². The molecule has 7 heteroatoms. The molecule has 34 heavy (non-hydrogen) atoms. The number of nitrogens with one attached hydrogen (secondary N) is 1. The summed E-state index contributed by atoms with van der Waals surface area (Å²) in [5.74, 6) is 2.12. The summed E-state index contributed by atoms with van der Waals surface area (Å²) in [5, 5.41) is 4.43. The Morgan fingerprint density at radius 3 is 2.79 bits per heavy atom. The Kier molecular flexibility index (Phi) is 4.98. The van der Waals surface area contributed by atoms with Crippen molar-refractivity contribution < 1.29 is 4.79 Å². The van der Waals surface area contributed by atoms with Crippen LogP contribution in [-0.2, 0) is 13.0 Å². The third kappa shape index (κ3) is 3.39. The van der Waals surface area contributed by atoms with Gasteiger partial charge < -0.3 is 16.0 Å². The molecule has 4 heterocycles. The average molecular weight is 453 g/mol. The predicted molar refractivity (Wildman–Crippen MR) is 135 cm³/mol. The molecule has 0 aliphatic carbocycles. The van der Waals surface area contributed by atoms with Crippen molar-refractivity contribution in [1.29, 1.82) is 0 Å². The second kappa shape index (κ2) is 8.17. The first kappa shape index (κ1) is 20.7. The summed E-state index contributed by atoms with van der Waals surface area (Å²) >= 11 is 0. The van der Waals surface area contributed by atoms with Crippen LogP contribution in [0.1, 0.15) is 46.4 Å². The minimum Gasteiger partial charge on any atom is -0.366 e. The second-order valence-electron chi connectivity index (χ2n) is 9.27. The number of benzene rings is 2. The van der Waals surface area contributed by atoms with E-state index in [1.54, 1.807) is 6.07 Å². The average Bonchev–Trinajstić information content (AvgIpc) is 3.46. The fourth-order valence-electron chi connectivity index (χ4n) is 5.53. The number of nitrogens with two attached hydrogens (primary N) is 1. The molecule has 2 aromatic heterocycles. The van der Waals surface area contributed by atoms with Crippen molar-refractivity contribution in [1.82, 2.24) is 14.5 Å². The van der Waals surface area contributed by atoms with Crippen molar-refractivity contribution in [2.45, 2.75) is 45.2 Å². The SMILES string of the molecule is Cc1cc2c(C(N)=O)cccc2n1-c1nc(NCc2ccccc2)c2c(n1)N1CCCC1CC2. The van der Waals surface area contributed by atoms with Crippen LogP contribution < -0.4 is 16.0 Å². The number of aromatic nitrogens is 3. The molecule has 0 bridgehead atoms. The minimum absolute atomic E-state index is 0.431. The fourth-order valence-corrected chi connectivity index (χ4v) is 5.53. The minimum atomic E-state index is -0.431. The molecule has 4 aromatic rings. The van der Waals surface area contributed by atoms with Crippen LogP contribution in [-0.4, -0.2) is 33.0 Å². The molecular weight excluding hydrogens is 424 g/mol. The number of nitrogens with zero attached hydrogens (tertiary/aromatic N) is 4. The summed E-state index contributed by atoms with van der Waals surface area (Å²) in [6.45, 7) is 3.75. The van der Waals surface area contributed by atoms with E-state index in [0.717, 1.165) is 47.6 Å². The van der Waals surface area contributed by atoms with Gasteiger partial charge in [0, 0.05) is 41.3 Å². The van der Waals surface area contributed by atoms with Crippen molar-refractivity contribution in [3.05, 3.63) is 77.0 Å². The Morgan fingerprint density at radius 2 is 1.97 bits per heavy atom. The molecular formula is C27H28N6O. The fraction of sp³-hybridized carbons (Fsp3) is 0.296. The summed E-state index contributed by atoms with van der Waals surface area (Å²) in [6.07, 6.45) is 4.54. The smallest absolute Gasteiger partial charge is 0.249 e. The molecule has 1 atom stereocenters. The highest BCUT2D eigenvalue weighted by atomic mass is 16.1. The van der Waals surface area contributed by atoms with Crippen LogP contribution in [0.3, 0.4) is 0 Å². The van der Waals surface area contributed by atoms with E-state index >= 15 is 0 Å². The molecule has 0 radical (unpaired) electrons. The first-order chi connectivity index (χ1) is 16.6. The van der Waals surface area contributed by atoms with Gasteiger partial charge in [-0.2, -0.15) is 9.97 Å². The molecule has 3 N–H and O–H groups in total. The van der Waals surface area contributed by atoms with Gasteiger partial charge in [-0.05, 0) is 56.4 Å². The maximum absolute atomic E-state index is 12.0. The van der Waals surface area contributed by atoms with E-state index < -0.39 is 5.91 Å². The Labute approximate surface area is 198 Å². The Hall–Kier alpha value is -3.87. The lowest BCUT2D eigenvalue weighted by Crippen LogP contribution is -2.35. The van der Waals surface area contributed by atoms with Gasteiger partial charge in [-0.3, -0.25) is 9.36 Å². The molecule has 1 unspecified atom stereocenters. The molecule has 1 saturated heterocycles. The maximum atomic E-state index is 12.0. The number of aryl methyl sites for hydroxylation is 1. The number of primary amides is 1. The van der Waals surface area contributed by atoms with Gasteiger partial charge in [-0.25, -0.2) is 0 Å². The molecule has 1 fully saturated rings. The molecule has 0 spiro atoms. The number of carbonyl (C=O) groups is 1. The van der Waals surface area contributed by atoms with Gasteiger partial charge in [0.1, 0.15) is 11.6 Å². The molecule has 2 aromatic carbocycles. The number of amides is 1. The topological polar surface area (TPSA) is 89.1 Å². The van der Waals surface area contributed by atoms with Gasteiger partial charge in [0.25, 0.3) is 0 Å². The van der Waals surface area contributed by atoms with Gasteiger partial charge in [0.2, 0.25) is 11.9 Å². The van der Waals surface area contributed by atoms with Crippen molar-refractivity contribution in [2.24, 2.45) is 5.73 Å². The van der Waals surface area contributed by atoms with Crippen LogP contribution in [0.15, 0.2) is 54.6 Å². The van der Waals surface area contributed by atoms with Crippen LogP contribution in [0, 0.1) is 6.92 Å². The number of fused-ring (bicyclic) bond motifs is 4. The zero-order valence-corrected chi connectivity index (χ0v) is 19.3. The summed E-state index contributed by atoms with van der Waals surface area (Å²) in [5.41, 5.74) is 10.4. The number of rotatable bonds is 5. The van der Waals surface area contributed by atoms with Crippen LogP contribution in [0.5, 0.6) is 0 Å². The number of carbonyl (C=O) groups excluding carboxylic acids is 1. The third-order valence-electron chi connectivity index (χ3n) is 7.15. The van der Waals surface area contributed by atoms with E-state index in [1.165, 1.54) is 24.0 Å². The van der Waals surface area contributed by atoms with E-state index in [4.69, 9.17) is 15.7 Å². The highest BCUT2D eigenvalue weighted by Gasteiger charge is 2.34. The van der Waals surface area contributed by atoms with Crippen molar-refractivity contribution >= 4 is 28.4 Å². The summed E-state index contributed by atoms with van der Waals surface area (Å²) < 4.78 is 2.04. The molecule has 2 aliphatic heterocycles. The Balaban J connectivity index is 1.50. The van der Waals surface area contributed by atoms with Crippen LogP contribution in [0.25, 0.3) is 16.9 Å². The van der Waals surface area contributed by atoms with Crippen LogP contribution in [0.4, 0.5) is 11.6 Å². The number of hydrogen-bond donors (Lipinski definition) is 2. The lowest BCUT2D eigenvalue weighted by molar-refractivity contribution is 0.100. The normalized spacial score (nSPS) is 17.0. The first-order valence-corrected chi connectivity index (χ1v) is 12.0. The lowest BCUT2D eigenvalue weighted by Gasteiger charge is -2.33. The van der Waals surface area contributed by atoms with Gasteiger partial charge in [0.05, 0.1) is 5.52 Å². The zero-order chi connectivity index (χ0) is 23.2. The van der Waals surface area contributed by atoms with E-state index in [1.807, 2.05) is 35.8 Å². The van der Waals surface area contributed by atoms with Crippen molar-refractivity contribution in [3.63, 3.8) is 0 Å². The predicted octanol–water partition coefficient (Wildman–Crippen LogP) is 4.35. The van der Waals surface area contributed by atoms with Gasteiger partial charge >= 0.3 is 0 Å². The highest BCUT2D eigenvalue weighted by Crippen LogP contribution is 2.39. The second-order valence-corrected chi connectivity index (χ2v) is 9.27. The Bertz CT molecular complexity index is 1390. The quantitative estimate of drug-likeness (QED) is 0.470. The van der Waals surface area contributed by atoms with E-state index in [2.05, 4.69) is 34.5 Å². The molecule has 1 amide bonds. The van der Waals surface area contributed by atoms with E-state index in [-0.39, 0.29) is 0 Å². The Morgan fingerprint density at radius 1 is 1.12 bits per heavy atom. The van der Waals surface area contributed by atoms with Crippen LogP contribution in [0.2, 0.25) is 0 Å². The van der Waals surface area contributed by atoms with Crippen LogP contribution >= 0.6 is 0 Å². The third-order valence-corrected chi connectivity index (χ3v) is 7.15. The largest absolute Gasteiger partial charge is 0.366 e. The molecule has 172 valence electrons. The molecule has 7 nitrogen and oxygen atoms in total. The van der Waals surface area contributed by atoms with Crippen molar-refractivity contribution in [3.8, 4) is 5.95 Å². The molecule has 2 aliphatic rings.